The topological polar surface area (TPSA) is 38.7 Å². The van der Waals surface area contributed by atoms with Gasteiger partial charge in [0.05, 0.1) is 0 Å². The quantitative estimate of drug-likeness (QED) is 0.869. The molecule has 0 saturated carbocycles. The number of benzene rings is 1. The first-order valence-corrected chi connectivity index (χ1v) is 5.98. The van der Waals surface area contributed by atoms with Crippen molar-refractivity contribution in [2.24, 2.45) is 0 Å². The molecule has 0 aromatic heterocycles. The molecule has 92 valence electrons. The van der Waals surface area contributed by atoms with Crippen molar-refractivity contribution < 1.29 is 14.6 Å². The molecule has 0 spiro atoms. The summed E-state index contributed by atoms with van der Waals surface area (Å²) < 4.78 is 11.0. The smallest absolute Gasteiger partial charge is 0.200 e. The molecule has 0 radical (unpaired) electrons. The molecule has 1 aliphatic heterocycles. The molecule has 1 N–H and O–H groups in total. The van der Waals surface area contributed by atoms with Crippen LogP contribution in [0.1, 0.15) is 24.8 Å². The SMILES string of the molecule is CCO[C@@H]1C[C@@H](c2ccccc2)C=C(CO)O1. The van der Waals surface area contributed by atoms with Gasteiger partial charge in [-0.1, -0.05) is 30.3 Å². The van der Waals surface area contributed by atoms with E-state index >= 15 is 0 Å². The van der Waals surface area contributed by atoms with Crippen molar-refractivity contribution in [1.29, 1.82) is 0 Å². The number of hydrogen-bond acceptors (Lipinski definition) is 3. The second kappa shape index (κ2) is 5.84. The normalized spacial score (nSPS) is 24.0. The van der Waals surface area contributed by atoms with E-state index in [1.54, 1.807) is 0 Å². The van der Waals surface area contributed by atoms with Gasteiger partial charge >= 0.3 is 0 Å². The summed E-state index contributed by atoms with van der Waals surface area (Å²) in [6.07, 6.45) is 2.52. The van der Waals surface area contributed by atoms with Gasteiger partial charge in [-0.05, 0) is 18.6 Å². The third-order valence-corrected chi connectivity index (χ3v) is 2.85. The van der Waals surface area contributed by atoms with E-state index in [1.165, 1.54) is 5.56 Å². The minimum absolute atomic E-state index is 0.0765. The lowest BCUT2D eigenvalue weighted by Gasteiger charge is -2.29. The zero-order valence-corrected chi connectivity index (χ0v) is 10.0. The monoisotopic (exact) mass is 234 g/mol. The maximum atomic E-state index is 9.19. The van der Waals surface area contributed by atoms with Crippen molar-refractivity contribution in [2.75, 3.05) is 13.2 Å². The Balaban J connectivity index is 2.16. The Hall–Kier alpha value is -1.32. The van der Waals surface area contributed by atoms with Crippen LogP contribution in [-0.4, -0.2) is 24.6 Å². The molecule has 2 rings (SSSR count). The lowest BCUT2D eigenvalue weighted by Crippen LogP contribution is -2.25. The first-order valence-electron chi connectivity index (χ1n) is 5.98. The molecule has 0 unspecified atom stereocenters. The standard InChI is InChI=1S/C14H18O3/c1-2-16-14-9-12(8-13(10-15)17-14)11-6-4-3-5-7-11/h3-8,12,14-15H,2,9-10H2,1H3/t12-,14-/m0/s1. The van der Waals surface area contributed by atoms with E-state index in [0.717, 1.165) is 6.42 Å². The van der Waals surface area contributed by atoms with Crippen LogP contribution < -0.4 is 0 Å². The summed E-state index contributed by atoms with van der Waals surface area (Å²) in [5, 5.41) is 9.19. The molecular weight excluding hydrogens is 216 g/mol. The van der Waals surface area contributed by atoms with Gasteiger partial charge in [-0.25, -0.2) is 0 Å². The molecule has 0 amide bonds. The molecule has 0 saturated heterocycles. The highest BCUT2D eigenvalue weighted by molar-refractivity contribution is 5.25. The molecule has 0 bridgehead atoms. The van der Waals surface area contributed by atoms with E-state index in [-0.39, 0.29) is 18.8 Å². The molecule has 1 aromatic rings. The van der Waals surface area contributed by atoms with Gasteiger partial charge in [0.1, 0.15) is 12.4 Å². The number of allylic oxidation sites excluding steroid dienone is 1. The predicted molar refractivity (Wildman–Crippen MR) is 65.5 cm³/mol. The van der Waals surface area contributed by atoms with Gasteiger partial charge in [-0.2, -0.15) is 0 Å². The number of rotatable bonds is 4. The van der Waals surface area contributed by atoms with E-state index in [0.29, 0.717) is 12.4 Å². The van der Waals surface area contributed by atoms with Crippen LogP contribution in [-0.2, 0) is 9.47 Å². The Labute approximate surface area is 102 Å². The number of hydrogen-bond donors (Lipinski definition) is 1. The van der Waals surface area contributed by atoms with Crippen molar-refractivity contribution >= 4 is 0 Å². The Bertz CT molecular complexity index is 372. The van der Waals surface area contributed by atoms with Crippen LogP contribution in [0.25, 0.3) is 0 Å². The maximum Gasteiger partial charge on any atom is 0.200 e. The molecule has 3 heteroatoms. The van der Waals surface area contributed by atoms with Gasteiger partial charge in [-0.3, -0.25) is 0 Å². The van der Waals surface area contributed by atoms with Gasteiger partial charge in [0, 0.05) is 18.9 Å². The largest absolute Gasteiger partial charge is 0.467 e. The number of ether oxygens (including phenoxy) is 2. The predicted octanol–water partition coefficient (Wildman–Crippen LogP) is 2.43. The first kappa shape index (κ1) is 12.1. The molecule has 17 heavy (non-hydrogen) atoms. The van der Waals surface area contributed by atoms with Crippen LogP contribution >= 0.6 is 0 Å². The van der Waals surface area contributed by atoms with Crippen LogP contribution in [0.3, 0.4) is 0 Å². The van der Waals surface area contributed by atoms with Crippen LogP contribution in [0.5, 0.6) is 0 Å². The Morgan fingerprint density at radius 3 is 2.76 bits per heavy atom. The average Bonchev–Trinajstić information content (AvgIpc) is 2.40. The molecule has 1 aromatic carbocycles. The van der Waals surface area contributed by atoms with Gasteiger partial charge in [-0.15, -0.1) is 0 Å². The summed E-state index contributed by atoms with van der Waals surface area (Å²) in [5.74, 6) is 0.854. The average molecular weight is 234 g/mol. The van der Waals surface area contributed by atoms with Crippen LogP contribution in [0.15, 0.2) is 42.2 Å². The molecule has 1 aliphatic rings. The summed E-state index contributed by atoms with van der Waals surface area (Å²) in [6.45, 7) is 2.48. The van der Waals surface area contributed by atoms with Gasteiger partial charge in [0.15, 0.2) is 6.29 Å². The van der Waals surface area contributed by atoms with Crippen molar-refractivity contribution in [2.45, 2.75) is 25.6 Å². The molecule has 0 aliphatic carbocycles. The van der Waals surface area contributed by atoms with E-state index < -0.39 is 0 Å². The second-order valence-electron chi connectivity index (χ2n) is 4.05. The zero-order chi connectivity index (χ0) is 12.1. The number of aliphatic hydroxyl groups excluding tert-OH is 1. The first-order chi connectivity index (χ1) is 8.33. The lowest BCUT2D eigenvalue weighted by molar-refractivity contribution is -0.130. The van der Waals surface area contributed by atoms with E-state index in [9.17, 15) is 5.11 Å². The molecular formula is C14H18O3. The molecule has 1 heterocycles. The van der Waals surface area contributed by atoms with Crippen molar-refractivity contribution in [3.05, 3.63) is 47.7 Å². The molecule has 3 nitrogen and oxygen atoms in total. The van der Waals surface area contributed by atoms with E-state index in [2.05, 4.69) is 12.1 Å². The third-order valence-electron chi connectivity index (χ3n) is 2.85. The zero-order valence-electron chi connectivity index (χ0n) is 10.0. The minimum atomic E-state index is -0.252. The van der Waals surface area contributed by atoms with Crippen molar-refractivity contribution in [3.8, 4) is 0 Å². The Morgan fingerprint density at radius 2 is 2.12 bits per heavy atom. The van der Waals surface area contributed by atoms with Crippen LogP contribution in [0, 0.1) is 0 Å². The summed E-state index contributed by atoms with van der Waals surface area (Å²) >= 11 is 0. The fourth-order valence-electron chi connectivity index (χ4n) is 2.07. The highest BCUT2D eigenvalue weighted by Gasteiger charge is 2.24. The van der Waals surface area contributed by atoms with Crippen molar-refractivity contribution in [1.82, 2.24) is 0 Å². The van der Waals surface area contributed by atoms with Gasteiger partial charge in [0.2, 0.25) is 0 Å². The van der Waals surface area contributed by atoms with Crippen LogP contribution in [0.2, 0.25) is 0 Å². The van der Waals surface area contributed by atoms with E-state index in [4.69, 9.17) is 9.47 Å². The fraction of sp³-hybridized carbons (Fsp3) is 0.429. The minimum Gasteiger partial charge on any atom is -0.467 e. The molecule has 0 fully saturated rings. The summed E-state index contributed by atoms with van der Waals surface area (Å²) in [6, 6.07) is 10.2. The second-order valence-corrected chi connectivity index (χ2v) is 4.05. The Morgan fingerprint density at radius 1 is 1.35 bits per heavy atom. The Kier molecular flexibility index (Phi) is 4.18. The van der Waals surface area contributed by atoms with Gasteiger partial charge in [0.25, 0.3) is 0 Å². The van der Waals surface area contributed by atoms with Crippen molar-refractivity contribution in [3.63, 3.8) is 0 Å². The number of aliphatic hydroxyl groups is 1. The fourth-order valence-corrected chi connectivity index (χ4v) is 2.07. The lowest BCUT2D eigenvalue weighted by atomic mass is 9.93. The highest BCUT2D eigenvalue weighted by Crippen LogP contribution is 2.30. The summed E-state index contributed by atoms with van der Waals surface area (Å²) in [5.41, 5.74) is 1.23. The van der Waals surface area contributed by atoms with E-state index in [1.807, 2.05) is 31.2 Å². The molecule has 2 atom stereocenters. The summed E-state index contributed by atoms with van der Waals surface area (Å²) in [4.78, 5) is 0. The maximum absolute atomic E-state index is 9.19. The third kappa shape index (κ3) is 3.08. The summed E-state index contributed by atoms with van der Waals surface area (Å²) in [7, 11) is 0. The van der Waals surface area contributed by atoms with Gasteiger partial charge < -0.3 is 14.6 Å². The highest BCUT2D eigenvalue weighted by atomic mass is 16.7. The van der Waals surface area contributed by atoms with Crippen LogP contribution in [0.4, 0.5) is 0 Å².